The number of urea groups is 1. The third-order valence-electron chi connectivity index (χ3n) is 5.15. The molecule has 0 aromatic carbocycles. The first-order chi connectivity index (χ1) is 10.0. The zero-order valence-corrected chi connectivity index (χ0v) is 13.4. The van der Waals surface area contributed by atoms with Crippen molar-refractivity contribution in [2.75, 3.05) is 13.1 Å². The van der Waals surface area contributed by atoms with Crippen molar-refractivity contribution in [3.8, 4) is 0 Å². The molecule has 2 aliphatic rings. The number of carbonyl (C=O) groups excluding carboxylic acids is 2. The van der Waals surface area contributed by atoms with Gasteiger partial charge in [0.15, 0.2) is 0 Å². The van der Waals surface area contributed by atoms with Crippen molar-refractivity contribution in [3.05, 3.63) is 0 Å². The molecule has 0 aromatic rings. The van der Waals surface area contributed by atoms with Gasteiger partial charge < -0.3 is 15.5 Å². The molecule has 1 aliphatic heterocycles. The number of rotatable bonds is 3. The predicted molar refractivity (Wildman–Crippen MR) is 82.7 cm³/mol. The summed E-state index contributed by atoms with van der Waals surface area (Å²) in [5, 5.41) is 0. The SMILES string of the molecule is CCC(=O)N1CCC(N(C(N)=O)[C@H]2CC[C@H](C)CC2)CC1. The van der Waals surface area contributed by atoms with Gasteiger partial charge in [-0.1, -0.05) is 13.8 Å². The van der Waals surface area contributed by atoms with Crippen molar-refractivity contribution in [3.63, 3.8) is 0 Å². The second kappa shape index (κ2) is 7.14. The van der Waals surface area contributed by atoms with E-state index in [1.807, 2.05) is 16.7 Å². The van der Waals surface area contributed by atoms with Gasteiger partial charge in [0.05, 0.1) is 0 Å². The van der Waals surface area contributed by atoms with Crippen LogP contribution < -0.4 is 5.73 Å². The van der Waals surface area contributed by atoms with E-state index in [0.717, 1.165) is 44.7 Å². The van der Waals surface area contributed by atoms with Gasteiger partial charge in [0.25, 0.3) is 0 Å². The molecule has 1 aliphatic carbocycles. The van der Waals surface area contributed by atoms with E-state index in [4.69, 9.17) is 5.73 Å². The highest BCUT2D eigenvalue weighted by Crippen LogP contribution is 2.30. The number of nitrogens with zero attached hydrogens (tertiary/aromatic N) is 2. The van der Waals surface area contributed by atoms with Crippen LogP contribution in [0.25, 0.3) is 0 Å². The quantitative estimate of drug-likeness (QED) is 0.868. The lowest BCUT2D eigenvalue weighted by Gasteiger charge is -2.43. The molecule has 3 amide bonds. The highest BCUT2D eigenvalue weighted by Gasteiger charge is 2.34. The minimum absolute atomic E-state index is 0.210. The normalized spacial score (nSPS) is 27.4. The molecule has 120 valence electrons. The Hall–Kier alpha value is -1.26. The fourth-order valence-corrected chi connectivity index (χ4v) is 3.80. The molecule has 2 fully saturated rings. The molecule has 0 unspecified atom stereocenters. The lowest BCUT2D eigenvalue weighted by atomic mass is 9.85. The smallest absolute Gasteiger partial charge is 0.315 e. The molecule has 1 saturated carbocycles. The minimum atomic E-state index is -0.283. The van der Waals surface area contributed by atoms with Gasteiger partial charge in [-0.15, -0.1) is 0 Å². The summed E-state index contributed by atoms with van der Waals surface area (Å²) >= 11 is 0. The first-order valence-electron chi connectivity index (χ1n) is 8.38. The van der Waals surface area contributed by atoms with Gasteiger partial charge in [0.1, 0.15) is 0 Å². The molecule has 0 aromatic heterocycles. The van der Waals surface area contributed by atoms with E-state index >= 15 is 0 Å². The van der Waals surface area contributed by atoms with Crippen LogP contribution in [0.5, 0.6) is 0 Å². The van der Waals surface area contributed by atoms with Crippen LogP contribution in [0.1, 0.15) is 58.8 Å². The van der Waals surface area contributed by atoms with E-state index in [2.05, 4.69) is 6.92 Å². The van der Waals surface area contributed by atoms with Gasteiger partial charge >= 0.3 is 6.03 Å². The average Bonchev–Trinajstić information content (AvgIpc) is 2.49. The summed E-state index contributed by atoms with van der Waals surface area (Å²) < 4.78 is 0. The van der Waals surface area contributed by atoms with E-state index in [1.165, 1.54) is 12.8 Å². The molecule has 2 N–H and O–H groups in total. The van der Waals surface area contributed by atoms with Crippen molar-refractivity contribution in [2.45, 2.75) is 70.9 Å². The Balaban J connectivity index is 1.94. The van der Waals surface area contributed by atoms with Crippen molar-refractivity contribution in [1.29, 1.82) is 0 Å². The topological polar surface area (TPSA) is 66.6 Å². The van der Waals surface area contributed by atoms with Gasteiger partial charge in [-0.25, -0.2) is 4.79 Å². The van der Waals surface area contributed by atoms with Crippen molar-refractivity contribution in [2.24, 2.45) is 11.7 Å². The molecule has 21 heavy (non-hydrogen) atoms. The van der Waals surface area contributed by atoms with Crippen LogP contribution in [0.3, 0.4) is 0 Å². The largest absolute Gasteiger partial charge is 0.351 e. The van der Waals surface area contributed by atoms with Crippen LogP contribution in [0, 0.1) is 5.92 Å². The Labute approximate surface area is 127 Å². The third-order valence-corrected chi connectivity index (χ3v) is 5.15. The van der Waals surface area contributed by atoms with E-state index in [0.29, 0.717) is 12.5 Å². The van der Waals surface area contributed by atoms with Gasteiger partial charge in [0.2, 0.25) is 5.91 Å². The summed E-state index contributed by atoms with van der Waals surface area (Å²) in [5.41, 5.74) is 5.66. The number of amides is 3. The zero-order chi connectivity index (χ0) is 15.4. The highest BCUT2D eigenvalue weighted by atomic mass is 16.2. The van der Waals surface area contributed by atoms with Crippen LogP contribution in [-0.2, 0) is 4.79 Å². The van der Waals surface area contributed by atoms with Crippen LogP contribution in [0.2, 0.25) is 0 Å². The second-order valence-corrected chi connectivity index (χ2v) is 6.62. The van der Waals surface area contributed by atoms with Crippen molar-refractivity contribution in [1.82, 2.24) is 9.80 Å². The number of primary amides is 1. The average molecular weight is 295 g/mol. The Bertz CT molecular complexity index is 370. The van der Waals surface area contributed by atoms with Crippen LogP contribution in [0.4, 0.5) is 4.79 Å². The molecular formula is C16H29N3O2. The second-order valence-electron chi connectivity index (χ2n) is 6.62. The maximum Gasteiger partial charge on any atom is 0.315 e. The van der Waals surface area contributed by atoms with Crippen molar-refractivity contribution >= 4 is 11.9 Å². The number of nitrogens with two attached hydrogens (primary N) is 1. The van der Waals surface area contributed by atoms with Crippen LogP contribution in [0.15, 0.2) is 0 Å². The predicted octanol–water partition coefficient (Wildman–Crippen LogP) is 2.35. The monoisotopic (exact) mass is 295 g/mol. The number of piperidine rings is 1. The summed E-state index contributed by atoms with van der Waals surface area (Å²) in [7, 11) is 0. The van der Waals surface area contributed by atoms with Crippen molar-refractivity contribution < 1.29 is 9.59 Å². The molecule has 0 spiro atoms. The molecule has 5 heteroatoms. The number of hydrogen-bond acceptors (Lipinski definition) is 2. The Morgan fingerprint density at radius 1 is 1.05 bits per heavy atom. The standard InChI is InChI=1S/C16H29N3O2/c1-3-15(20)18-10-8-14(9-11-18)19(16(17)21)13-6-4-12(2)5-7-13/h12-14H,3-11H2,1-2H3,(H2,17,21)/t12-,13-. The summed E-state index contributed by atoms with van der Waals surface area (Å²) in [5.74, 6) is 0.977. The van der Waals surface area contributed by atoms with Crippen LogP contribution in [-0.4, -0.2) is 46.9 Å². The molecule has 0 radical (unpaired) electrons. The highest BCUT2D eigenvalue weighted by molar-refractivity contribution is 5.76. The number of carbonyl (C=O) groups is 2. The molecule has 5 nitrogen and oxygen atoms in total. The van der Waals surface area contributed by atoms with Gasteiger partial charge in [-0.05, 0) is 44.4 Å². The van der Waals surface area contributed by atoms with E-state index < -0.39 is 0 Å². The Kier molecular flexibility index (Phi) is 5.48. The number of hydrogen-bond donors (Lipinski definition) is 1. The lowest BCUT2D eigenvalue weighted by molar-refractivity contribution is -0.132. The van der Waals surface area contributed by atoms with E-state index in [9.17, 15) is 9.59 Å². The summed E-state index contributed by atoms with van der Waals surface area (Å²) in [4.78, 5) is 27.5. The fourth-order valence-electron chi connectivity index (χ4n) is 3.80. The molecule has 1 saturated heterocycles. The summed E-state index contributed by atoms with van der Waals surface area (Å²) in [6.07, 6.45) is 6.78. The molecule has 0 atom stereocenters. The van der Waals surface area contributed by atoms with E-state index in [-0.39, 0.29) is 18.0 Å². The summed E-state index contributed by atoms with van der Waals surface area (Å²) in [6, 6.07) is 0.230. The van der Waals surface area contributed by atoms with Gasteiger partial charge in [-0.2, -0.15) is 0 Å². The van der Waals surface area contributed by atoms with Gasteiger partial charge in [0, 0.05) is 31.6 Å². The third kappa shape index (κ3) is 3.89. The Morgan fingerprint density at radius 3 is 2.05 bits per heavy atom. The first-order valence-corrected chi connectivity index (χ1v) is 8.38. The fraction of sp³-hybridized carbons (Fsp3) is 0.875. The van der Waals surface area contributed by atoms with Gasteiger partial charge in [-0.3, -0.25) is 4.79 Å². The molecular weight excluding hydrogens is 266 g/mol. The lowest BCUT2D eigenvalue weighted by Crippen LogP contribution is -2.54. The molecule has 1 heterocycles. The van der Waals surface area contributed by atoms with Crippen LogP contribution >= 0.6 is 0 Å². The zero-order valence-electron chi connectivity index (χ0n) is 13.4. The first kappa shape index (κ1) is 16.1. The summed E-state index contributed by atoms with van der Waals surface area (Å²) in [6.45, 7) is 5.68. The maximum atomic E-state index is 11.9. The number of likely N-dealkylation sites (tertiary alicyclic amines) is 1. The molecule has 0 bridgehead atoms. The van der Waals surface area contributed by atoms with E-state index in [1.54, 1.807) is 0 Å². The molecule has 2 rings (SSSR count). The minimum Gasteiger partial charge on any atom is -0.351 e. The Morgan fingerprint density at radius 2 is 1.57 bits per heavy atom. The maximum absolute atomic E-state index is 11.9.